The highest BCUT2D eigenvalue weighted by Gasteiger charge is 2.38. The first kappa shape index (κ1) is 16.8. The Labute approximate surface area is 153 Å². The second-order valence-electron chi connectivity index (χ2n) is 7.17. The molecule has 2 saturated heterocycles. The standard InChI is InChI=1S/C21H23N3O2/c1-23(19-8-3-2-4-9-19)20(25)15-6-5-7-16(10-15)21(26)24-13-17-11-22-12-18(17)14-24/h2-10,17-18,22H,11-14H2,1H3/t17-,18+. The molecule has 0 saturated carbocycles. The topological polar surface area (TPSA) is 52.7 Å². The van der Waals surface area contributed by atoms with Gasteiger partial charge in [-0.1, -0.05) is 24.3 Å². The van der Waals surface area contributed by atoms with E-state index in [2.05, 4.69) is 5.32 Å². The van der Waals surface area contributed by atoms with Gasteiger partial charge in [0, 0.05) is 50.0 Å². The van der Waals surface area contributed by atoms with Crippen LogP contribution in [0.5, 0.6) is 0 Å². The van der Waals surface area contributed by atoms with Crippen molar-refractivity contribution in [1.82, 2.24) is 10.2 Å². The summed E-state index contributed by atoms with van der Waals surface area (Å²) in [6.45, 7) is 3.60. The zero-order valence-electron chi connectivity index (χ0n) is 14.9. The summed E-state index contributed by atoms with van der Waals surface area (Å²) in [6.07, 6.45) is 0. The number of nitrogens with zero attached hydrogens (tertiary/aromatic N) is 2. The molecule has 2 heterocycles. The Morgan fingerprint density at radius 3 is 2.31 bits per heavy atom. The predicted octanol–water partition coefficient (Wildman–Crippen LogP) is 2.25. The van der Waals surface area contributed by atoms with Gasteiger partial charge in [-0.3, -0.25) is 9.59 Å². The Bertz CT molecular complexity index is 809. The molecule has 0 bridgehead atoms. The predicted molar refractivity (Wildman–Crippen MR) is 101 cm³/mol. The molecule has 0 aromatic heterocycles. The molecule has 5 heteroatoms. The number of carbonyl (C=O) groups excluding carboxylic acids is 2. The molecule has 0 unspecified atom stereocenters. The number of nitrogens with one attached hydrogen (secondary N) is 1. The molecule has 26 heavy (non-hydrogen) atoms. The van der Waals surface area contributed by atoms with Crippen molar-refractivity contribution in [2.24, 2.45) is 11.8 Å². The van der Waals surface area contributed by atoms with Crippen LogP contribution < -0.4 is 10.2 Å². The smallest absolute Gasteiger partial charge is 0.258 e. The molecule has 5 nitrogen and oxygen atoms in total. The summed E-state index contributed by atoms with van der Waals surface area (Å²) in [6, 6.07) is 16.6. The number of amides is 2. The van der Waals surface area contributed by atoms with Crippen LogP contribution in [0.25, 0.3) is 0 Å². The van der Waals surface area contributed by atoms with Crippen molar-refractivity contribution in [2.75, 3.05) is 38.1 Å². The van der Waals surface area contributed by atoms with Gasteiger partial charge in [0.25, 0.3) is 11.8 Å². The van der Waals surface area contributed by atoms with Crippen LogP contribution in [-0.2, 0) is 0 Å². The molecular formula is C21H23N3O2. The summed E-state index contributed by atoms with van der Waals surface area (Å²) < 4.78 is 0. The minimum absolute atomic E-state index is 0.0245. The maximum Gasteiger partial charge on any atom is 0.258 e. The Balaban J connectivity index is 1.51. The Morgan fingerprint density at radius 2 is 1.62 bits per heavy atom. The van der Waals surface area contributed by atoms with Gasteiger partial charge in [-0.05, 0) is 42.2 Å². The Morgan fingerprint density at radius 1 is 0.962 bits per heavy atom. The molecule has 2 amide bonds. The van der Waals surface area contributed by atoms with Crippen LogP contribution in [0.2, 0.25) is 0 Å². The number of para-hydroxylation sites is 1. The third-order valence-electron chi connectivity index (χ3n) is 5.48. The van der Waals surface area contributed by atoms with Crippen LogP contribution in [0.4, 0.5) is 5.69 Å². The summed E-state index contributed by atoms with van der Waals surface area (Å²) in [5, 5.41) is 3.39. The lowest BCUT2D eigenvalue weighted by molar-refractivity contribution is 0.0781. The molecule has 1 N–H and O–H groups in total. The van der Waals surface area contributed by atoms with E-state index in [9.17, 15) is 9.59 Å². The lowest BCUT2D eigenvalue weighted by Gasteiger charge is -2.19. The summed E-state index contributed by atoms with van der Waals surface area (Å²) >= 11 is 0. The summed E-state index contributed by atoms with van der Waals surface area (Å²) in [5.74, 6) is 1.03. The monoisotopic (exact) mass is 349 g/mol. The Hall–Kier alpha value is -2.66. The molecule has 2 fully saturated rings. The van der Waals surface area contributed by atoms with Gasteiger partial charge >= 0.3 is 0 Å². The summed E-state index contributed by atoms with van der Waals surface area (Å²) in [5.41, 5.74) is 1.95. The third-order valence-corrected chi connectivity index (χ3v) is 5.48. The van der Waals surface area contributed by atoms with Crippen LogP contribution in [0.15, 0.2) is 54.6 Å². The number of likely N-dealkylation sites (tertiary alicyclic amines) is 1. The molecule has 0 aliphatic carbocycles. The maximum absolute atomic E-state index is 12.9. The zero-order valence-corrected chi connectivity index (χ0v) is 14.9. The number of fused-ring (bicyclic) bond motifs is 1. The van der Waals surface area contributed by atoms with Crippen molar-refractivity contribution in [2.45, 2.75) is 0 Å². The second kappa shape index (κ2) is 6.92. The lowest BCUT2D eigenvalue weighted by Crippen LogP contribution is -2.32. The average molecular weight is 349 g/mol. The van der Waals surface area contributed by atoms with Crippen LogP contribution in [0.3, 0.4) is 0 Å². The lowest BCUT2D eigenvalue weighted by atomic mass is 10.0. The van der Waals surface area contributed by atoms with Gasteiger partial charge in [0.1, 0.15) is 0 Å². The molecule has 0 spiro atoms. The number of benzene rings is 2. The van der Waals surface area contributed by atoms with Crippen molar-refractivity contribution < 1.29 is 9.59 Å². The number of hydrogen-bond donors (Lipinski definition) is 1. The summed E-state index contributed by atoms with van der Waals surface area (Å²) in [4.78, 5) is 29.2. The van der Waals surface area contributed by atoms with Gasteiger partial charge < -0.3 is 15.1 Å². The molecule has 0 radical (unpaired) electrons. The van der Waals surface area contributed by atoms with E-state index >= 15 is 0 Å². The van der Waals surface area contributed by atoms with E-state index in [0.717, 1.165) is 31.9 Å². The van der Waals surface area contributed by atoms with E-state index in [1.807, 2.05) is 35.2 Å². The van der Waals surface area contributed by atoms with Crippen LogP contribution in [-0.4, -0.2) is 49.9 Å². The normalized spacial score (nSPS) is 21.5. The van der Waals surface area contributed by atoms with Gasteiger partial charge in [-0.15, -0.1) is 0 Å². The van der Waals surface area contributed by atoms with Crippen molar-refractivity contribution in [3.05, 3.63) is 65.7 Å². The Kier molecular flexibility index (Phi) is 4.47. The molecule has 134 valence electrons. The minimum atomic E-state index is -0.117. The molecule has 2 aromatic carbocycles. The van der Waals surface area contributed by atoms with Crippen LogP contribution >= 0.6 is 0 Å². The second-order valence-corrected chi connectivity index (χ2v) is 7.17. The van der Waals surface area contributed by atoms with E-state index in [0.29, 0.717) is 23.0 Å². The largest absolute Gasteiger partial charge is 0.338 e. The van der Waals surface area contributed by atoms with E-state index in [1.54, 1.807) is 36.2 Å². The number of rotatable bonds is 3. The highest BCUT2D eigenvalue weighted by molar-refractivity contribution is 6.07. The van der Waals surface area contributed by atoms with Crippen LogP contribution in [0, 0.1) is 11.8 Å². The number of hydrogen-bond acceptors (Lipinski definition) is 3. The third kappa shape index (κ3) is 3.10. The fourth-order valence-corrected chi connectivity index (χ4v) is 3.95. The van der Waals surface area contributed by atoms with Gasteiger partial charge in [0.2, 0.25) is 0 Å². The first-order valence-electron chi connectivity index (χ1n) is 9.06. The van der Waals surface area contributed by atoms with E-state index in [-0.39, 0.29) is 11.8 Å². The molecule has 2 aromatic rings. The van der Waals surface area contributed by atoms with Crippen molar-refractivity contribution in [3.63, 3.8) is 0 Å². The average Bonchev–Trinajstić information content (AvgIpc) is 3.29. The van der Waals surface area contributed by atoms with E-state index < -0.39 is 0 Å². The van der Waals surface area contributed by atoms with Crippen molar-refractivity contribution in [1.29, 1.82) is 0 Å². The fraction of sp³-hybridized carbons (Fsp3) is 0.333. The zero-order chi connectivity index (χ0) is 18.1. The maximum atomic E-state index is 12.9. The molecule has 2 aliphatic heterocycles. The molecule has 2 atom stereocenters. The first-order valence-corrected chi connectivity index (χ1v) is 9.06. The SMILES string of the molecule is CN(C(=O)c1cccc(C(=O)N2C[C@H]3CNC[C@H]3C2)c1)c1ccccc1. The van der Waals surface area contributed by atoms with Crippen molar-refractivity contribution in [3.8, 4) is 0 Å². The first-order chi connectivity index (χ1) is 12.6. The number of anilines is 1. The quantitative estimate of drug-likeness (QED) is 0.925. The number of carbonyl (C=O) groups is 2. The minimum Gasteiger partial charge on any atom is -0.338 e. The highest BCUT2D eigenvalue weighted by Crippen LogP contribution is 2.27. The fourth-order valence-electron chi connectivity index (χ4n) is 3.95. The van der Waals surface area contributed by atoms with Crippen LogP contribution in [0.1, 0.15) is 20.7 Å². The van der Waals surface area contributed by atoms with E-state index in [1.165, 1.54) is 0 Å². The molecule has 2 aliphatic rings. The molecular weight excluding hydrogens is 326 g/mol. The highest BCUT2D eigenvalue weighted by atomic mass is 16.2. The van der Waals surface area contributed by atoms with Gasteiger partial charge in [-0.2, -0.15) is 0 Å². The summed E-state index contributed by atoms with van der Waals surface area (Å²) in [7, 11) is 1.75. The van der Waals surface area contributed by atoms with Crippen molar-refractivity contribution >= 4 is 17.5 Å². The van der Waals surface area contributed by atoms with Gasteiger partial charge in [0.15, 0.2) is 0 Å². The van der Waals surface area contributed by atoms with Gasteiger partial charge in [0.05, 0.1) is 0 Å². The molecule has 4 rings (SSSR count). The van der Waals surface area contributed by atoms with Gasteiger partial charge in [-0.25, -0.2) is 0 Å². The van der Waals surface area contributed by atoms with E-state index in [4.69, 9.17) is 0 Å².